The number of benzene rings is 1. The van der Waals surface area contributed by atoms with Crippen LogP contribution in [0, 0.1) is 5.92 Å². The van der Waals surface area contributed by atoms with Gasteiger partial charge in [-0.3, -0.25) is 4.79 Å². The van der Waals surface area contributed by atoms with Crippen molar-refractivity contribution in [2.45, 2.75) is 63.3 Å². The maximum absolute atomic E-state index is 12.5. The Kier molecular flexibility index (Phi) is 6.51. The molecule has 0 radical (unpaired) electrons. The Morgan fingerprint density at radius 2 is 1.84 bits per heavy atom. The van der Waals surface area contributed by atoms with Gasteiger partial charge >= 0.3 is 0 Å². The van der Waals surface area contributed by atoms with Crippen LogP contribution in [-0.2, 0) is 10.0 Å². The number of hydrogen-bond donors (Lipinski definition) is 2. The van der Waals surface area contributed by atoms with Gasteiger partial charge in [-0.1, -0.05) is 30.9 Å². The molecule has 140 valence electrons. The summed E-state index contributed by atoms with van der Waals surface area (Å²) < 4.78 is 27.6. The van der Waals surface area contributed by atoms with E-state index >= 15 is 0 Å². The van der Waals surface area contributed by atoms with Crippen LogP contribution < -0.4 is 10.0 Å². The molecule has 0 bridgehead atoms. The predicted octanol–water partition coefficient (Wildman–Crippen LogP) is 3.73. The molecule has 0 aliphatic heterocycles. The molecule has 1 saturated carbocycles. The molecule has 0 atom stereocenters. The molecule has 1 aliphatic rings. The summed E-state index contributed by atoms with van der Waals surface area (Å²) in [6, 6.07) is 4.34. The highest BCUT2D eigenvalue weighted by Crippen LogP contribution is 2.25. The summed E-state index contributed by atoms with van der Waals surface area (Å²) in [4.78, 5) is 12.3. The van der Waals surface area contributed by atoms with Crippen molar-refractivity contribution >= 4 is 27.5 Å². The zero-order valence-corrected chi connectivity index (χ0v) is 16.6. The molecule has 7 heteroatoms. The zero-order chi connectivity index (χ0) is 18.7. The van der Waals surface area contributed by atoms with Gasteiger partial charge in [-0.15, -0.1) is 0 Å². The van der Waals surface area contributed by atoms with Gasteiger partial charge in [0.2, 0.25) is 10.0 Å². The third kappa shape index (κ3) is 5.97. The summed E-state index contributed by atoms with van der Waals surface area (Å²) in [5.74, 6) is 0.241. The number of rotatable bonds is 5. The molecule has 1 aliphatic carbocycles. The molecular weight excluding hydrogens is 360 g/mol. The van der Waals surface area contributed by atoms with Gasteiger partial charge < -0.3 is 5.32 Å². The molecule has 0 aromatic heterocycles. The van der Waals surface area contributed by atoms with Crippen LogP contribution in [0.4, 0.5) is 0 Å². The second kappa shape index (κ2) is 8.06. The Morgan fingerprint density at radius 1 is 1.20 bits per heavy atom. The number of amides is 1. The van der Waals surface area contributed by atoms with Crippen LogP contribution in [0.5, 0.6) is 0 Å². The zero-order valence-electron chi connectivity index (χ0n) is 15.1. The molecule has 1 aromatic carbocycles. The third-order valence-corrected chi connectivity index (χ3v) is 6.44. The standard InChI is InChI=1S/C18H27ClN2O3S/c1-18(2,3)21-25(23,24)16-11-14(9-10-15(16)19)17(22)20-12-13-7-5-4-6-8-13/h9-11,13,21H,4-8,12H2,1-3H3,(H,20,22). The fourth-order valence-corrected chi connectivity index (χ4v) is 4.98. The largest absolute Gasteiger partial charge is 0.352 e. The molecule has 1 fully saturated rings. The lowest BCUT2D eigenvalue weighted by atomic mass is 9.89. The first-order valence-corrected chi connectivity index (χ1v) is 10.6. The van der Waals surface area contributed by atoms with Gasteiger partial charge in [-0.05, 0) is 57.7 Å². The first kappa shape index (κ1) is 20.2. The molecule has 1 amide bonds. The Morgan fingerprint density at radius 3 is 2.44 bits per heavy atom. The number of carbonyl (C=O) groups excluding carboxylic acids is 1. The molecule has 0 unspecified atom stereocenters. The van der Waals surface area contributed by atoms with Crippen LogP contribution in [0.25, 0.3) is 0 Å². The average Bonchev–Trinajstić information content (AvgIpc) is 2.51. The summed E-state index contributed by atoms with van der Waals surface area (Å²) in [7, 11) is -3.80. The van der Waals surface area contributed by atoms with Gasteiger partial charge in [0.1, 0.15) is 4.90 Å². The van der Waals surface area contributed by atoms with Crippen LogP contribution in [-0.4, -0.2) is 26.4 Å². The topological polar surface area (TPSA) is 75.3 Å². The van der Waals surface area contributed by atoms with Gasteiger partial charge in [0.05, 0.1) is 5.02 Å². The first-order chi connectivity index (χ1) is 11.6. The summed E-state index contributed by atoms with van der Waals surface area (Å²) >= 11 is 6.06. The molecule has 0 saturated heterocycles. The fourth-order valence-electron chi connectivity index (χ4n) is 3.04. The van der Waals surface area contributed by atoms with Crippen LogP contribution in [0.2, 0.25) is 5.02 Å². The minimum atomic E-state index is -3.80. The third-order valence-electron chi connectivity index (χ3n) is 4.20. The fraction of sp³-hybridized carbons (Fsp3) is 0.611. The van der Waals surface area contributed by atoms with Gasteiger partial charge in [-0.2, -0.15) is 0 Å². The maximum atomic E-state index is 12.5. The number of sulfonamides is 1. The van der Waals surface area contributed by atoms with Gasteiger partial charge in [0.15, 0.2) is 0 Å². The highest BCUT2D eigenvalue weighted by molar-refractivity contribution is 7.89. The van der Waals surface area contributed by atoms with E-state index in [0.717, 1.165) is 12.8 Å². The lowest BCUT2D eigenvalue weighted by molar-refractivity contribution is 0.0943. The predicted molar refractivity (Wildman–Crippen MR) is 100 cm³/mol. The van der Waals surface area contributed by atoms with Crippen molar-refractivity contribution < 1.29 is 13.2 Å². The van der Waals surface area contributed by atoms with Crippen LogP contribution >= 0.6 is 11.6 Å². The highest BCUT2D eigenvalue weighted by Gasteiger charge is 2.25. The summed E-state index contributed by atoms with van der Waals surface area (Å²) in [5, 5.41) is 3.02. The van der Waals surface area contributed by atoms with E-state index in [1.165, 1.54) is 31.4 Å². The van der Waals surface area contributed by atoms with E-state index in [2.05, 4.69) is 10.0 Å². The van der Waals surface area contributed by atoms with E-state index in [1.807, 2.05) is 0 Å². The van der Waals surface area contributed by atoms with Crippen molar-refractivity contribution in [2.75, 3.05) is 6.54 Å². The van der Waals surface area contributed by atoms with E-state index in [0.29, 0.717) is 18.0 Å². The van der Waals surface area contributed by atoms with E-state index in [-0.39, 0.29) is 15.8 Å². The molecule has 1 aromatic rings. The quantitative estimate of drug-likeness (QED) is 0.809. The van der Waals surface area contributed by atoms with Crippen molar-refractivity contribution in [1.29, 1.82) is 0 Å². The Labute approximate surface area is 155 Å². The second-order valence-electron chi connectivity index (χ2n) is 7.71. The van der Waals surface area contributed by atoms with Crippen molar-refractivity contribution in [3.63, 3.8) is 0 Å². The Hall–Kier alpha value is -1.11. The normalized spacial score (nSPS) is 16.6. The number of hydrogen-bond acceptors (Lipinski definition) is 3. The lowest BCUT2D eigenvalue weighted by Gasteiger charge is -2.22. The summed E-state index contributed by atoms with van der Waals surface area (Å²) in [6.45, 7) is 5.88. The molecule has 5 nitrogen and oxygen atoms in total. The van der Waals surface area contributed by atoms with Crippen molar-refractivity contribution in [1.82, 2.24) is 10.0 Å². The molecule has 25 heavy (non-hydrogen) atoms. The first-order valence-electron chi connectivity index (χ1n) is 8.70. The monoisotopic (exact) mass is 386 g/mol. The van der Waals surface area contributed by atoms with E-state index in [4.69, 9.17) is 11.6 Å². The van der Waals surface area contributed by atoms with Crippen LogP contribution in [0.3, 0.4) is 0 Å². The van der Waals surface area contributed by atoms with Gasteiger partial charge in [-0.25, -0.2) is 13.1 Å². The Bertz CT molecular complexity index is 720. The van der Waals surface area contributed by atoms with Crippen molar-refractivity contribution in [3.05, 3.63) is 28.8 Å². The molecule has 2 N–H and O–H groups in total. The smallest absolute Gasteiger partial charge is 0.251 e. The second-order valence-corrected chi connectivity index (χ2v) is 9.77. The maximum Gasteiger partial charge on any atom is 0.251 e. The molecule has 2 rings (SSSR count). The van der Waals surface area contributed by atoms with Crippen molar-refractivity contribution in [2.24, 2.45) is 5.92 Å². The SMILES string of the molecule is CC(C)(C)NS(=O)(=O)c1cc(C(=O)NCC2CCCCC2)ccc1Cl. The Balaban J connectivity index is 2.13. The van der Waals surface area contributed by atoms with E-state index in [1.54, 1.807) is 26.8 Å². The molecule has 0 spiro atoms. The number of nitrogens with one attached hydrogen (secondary N) is 2. The average molecular weight is 387 g/mol. The molecular formula is C18H27ClN2O3S. The minimum absolute atomic E-state index is 0.0746. The number of halogens is 1. The minimum Gasteiger partial charge on any atom is -0.352 e. The summed E-state index contributed by atoms with van der Waals surface area (Å²) in [5.41, 5.74) is -0.337. The lowest BCUT2D eigenvalue weighted by Crippen LogP contribution is -2.40. The van der Waals surface area contributed by atoms with Gasteiger partial charge in [0, 0.05) is 17.6 Å². The van der Waals surface area contributed by atoms with Gasteiger partial charge in [0.25, 0.3) is 5.91 Å². The van der Waals surface area contributed by atoms with Crippen LogP contribution in [0.15, 0.2) is 23.1 Å². The summed E-state index contributed by atoms with van der Waals surface area (Å²) in [6.07, 6.45) is 5.96. The molecule has 0 heterocycles. The van der Waals surface area contributed by atoms with Crippen LogP contribution in [0.1, 0.15) is 63.2 Å². The highest BCUT2D eigenvalue weighted by atomic mass is 35.5. The van der Waals surface area contributed by atoms with E-state index < -0.39 is 15.6 Å². The van der Waals surface area contributed by atoms with E-state index in [9.17, 15) is 13.2 Å². The number of carbonyl (C=O) groups is 1. The van der Waals surface area contributed by atoms with Crippen molar-refractivity contribution in [3.8, 4) is 0 Å².